The monoisotopic (exact) mass is 702 g/mol. The zero-order valence-corrected chi connectivity index (χ0v) is 29.2. The molecule has 0 aliphatic rings. The van der Waals surface area contributed by atoms with Crippen LogP contribution in [0.3, 0.4) is 0 Å². The number of ether oxygens (including phenoxy) is 4. The lowest BCUT2D eigenvalue weighted by molar-refractivity contribution is -0.206. The molecule has 0 spiro atoms. The van der Waals surface area contributed by atoms with Gasteiger partial charge in [0.25, 0.3) is 0 Å². The van der Waals surface area contributed by atoms with E-state index in [1.54, 1.807) is 24.3 Å². The smallest absolute Gasteiger partial charge is 0.425 e. The molecule has 0 aliphatic heterocycles. The van der Waals surface area contributed by atoms with Crippen molar-refractivity contribution < 1.29 is 46.1 Å². The Balaban J connectivity index is 1.46. The van der Waals surface area contributed by atoms with E-state index in [0.29, 0.717) is 32.7 Å². The SMILES string of the molecule is CCCCCCCCCCCOc1ccc(-c2ccc(C(=O)Oc3ccc(C(=O)O[C@H](CCCCCOCC)C(F)(F)F)c(F)c3)cc2)cc1. The van der Waals surface area contributed by atoms with E-state index in [0.717, 1.165) is 47.9 Å². The van der Waals surface area contributed by atoms with Gasteiger partial charge in [-0.1, -0.05) is 89.0 Å². The highest BCUT2D eigenvalue weighted by Gasteiger charge is 2.42. The number of halogens is 4. The molecule has 3 aromatic rings. The summed E-state index contributed by atoms with van der Waals surface area (Å²) in [7, 11) is 0. The molecular formula is C40H50F4O6. The molecular weight excluding hydrogens is 652 g/mol. The molecule has 0 aromatic heterocycles. The number of unbranched alkanes of at least 4 members (excludes halogenated alkanes) is 10. The van der Waals surface area contributed by atoms with Gasteiger partial charge in [-0.25, -0.2) is 14.0 Å². The highest BCUT2D eigenvalue weighted by molar-refractivity contribution is 5.92. The Morgan fingerprint density at radius 2 is 1.22 bits per heavy atom. The van der Waals surface area contributed by atoms with E-state index < -0.39 is 42.0 Å². The lowest BCUT2D eigenvalue weighted by Crippen LogP contribution is -2.34. The average Bonchev–Trinajstić information content (AvgIpc) is 3.10. The largest absolute Gasteiger partial charge is 0.494 e. The van der Waals surface area contributed by atoms with Crippen molar-refractivity contribution in [2.45, 2.75) is 110 Å². The molecule has 0 unspecified atom stereocenters. The van der Waals surface area contributed by atoms with Crippen molar-refractivity contribution in [1.82, 2.24) is 0 Å². The Morgan fingerprint density at radius 3 is 1.82 bits per heavy atom. The summed E-state index contributed by atoms with van der Waals surface area (Å²) in [6.45, 7) is 5.69. The van der Waals surface area contributed by atoms with Gasteiger partial charge >= 0.3 is 18.1 Å². The maximum absolute atomic E-state index is 14.8. The highest BCUT2D eigenvalue weighted by atomic mass is 19.4. The van der Waals surface area contributed by atoms with Gasteiger partial charge in [-0.15, -0.1) is 0 Å². The number of carbonyl (C=O) groups excluding carboxylic acids is 2. The van der Waals surface area contributed by atoms with Gasteiger partial charge in [-0.3, -0.25) is 0 Å². The van der Waals surface area contributed by atoms with Gasteiger partial charge in [-0.05, 0) is 80.1 Å². The summed E-state index contributed by atoms with van der Waals surface area (Å²) in [4.78, 5) is 25.2. The lowest BCUT2D eigenvalue weighted by atomic mass is 10.0. The van der Waals surface area contributed by atoms with Crippen molar-refractivity contribution in [2.75, 3.05) is 19.8 Å². The average molecular weight is 703 g/mol. The maximum Gasteiger partial charge on any atom is 0.425 e. The normalized spacial score (nSPS) is 12.0. The van der Waals surface area contributed by atoms with Crippen LogP contribution in [-0.4, -0.2) is 44.0 Å². The first-order chi connectivity index (χ1) is 24.1. The number of rotatable bonds is 23. The molecule has 0 heterocycles. The van der Waals surface area contributed by atoms with Crippen molar-refractivity contribution in [2.24, 2.45) is 0 Å². The molecule has 0 radical (unpaired) electrons. The maximum atomic E-state index is 14.8. The number of carbonyl (C=O) groups is 2. The molecule has 0 aliphatic carbocycles. The van der Waals surface area contributed by atoms with E-state index in [9.17, 15) is 27.2 Å². The summed E-state index contributed by atoms with van der Waals surface area (Å²) in [6, 6.07) is 17.2. The van der Waals surface area contributed by atoms with Crippen molar-refractivity contribution in [3.63, 3.8) is 0 Å². The summed E-state index contributed by atoms with van der Waals surface area (Å²) in [6.07, 6.45) is 4.87. The zero-order chi connectivity index (χ0) is 36.2. The van der Waals surface area contributed by atoms with E-state index in [-0.39, 0.29) is 17.7 Å². The van der Waals surface area contributed by atoms with Crippen LogP contribution >= 0.6 is 0 Å². The summed E-state index contributed by atoms with van der Waals surface area (Å²) in [5, 5.41) is 0. The van der Waals surface area contributed by atoms with Crippen LogP contribution in [0.2, 0.25) is 0 Å². The number of alkyl halides is 3. The Kier molecular flexibility index (Phi) is 17.8. The van der Waals surface area contributed by atoms with E-state index in [1.807, 2.05) is 31.2 Å². The van der Waals surface area contributed by atoms with Crippen molar-refractivity contribution >= 4 is 11.9 Å². The van der Waals surface area contributed by atoms with Gasteiger partial charge in [0.2, 0.25) is 0 Å². The predicted octanol–water partition coefficient (Wildman–Crippen LogP) is 11.3. The summed E-state index contributed by atoms with van der Waals surface area (Å²) in [5.74, 6) is -2.81. The Morgan fingerprint density at radius 1 is 0.660 bits per heavy atom. The molecule has 6 nitrogen and oxygen atoms in total. The third kappa shape index (κ3) is 14.5. The molecule has 0 amide bonds. The highest BCUT2D eigenvalue weighted by Crippen LogP contribution is 2.29. The minimum atomic E-state index is -4.80. The van der Waals surface area contributed by atoms with Crippen LogP contribution in [0.1, 0.15) is 118 Å². The van der Waals surface area contributed by atoms with E-state index >= 15 is 0 Å². The molecule has 3 rings (SSSR count). The summed E-state index contributed by atoms with van der Waals surface area (Å²) >= 11 is 0. The minimum Gasteiger partial charge on any atom is -0.494 e. The van der Waals surface area contributed by atoms with Crippen LogP contribution in [0.5, 0.6) is 11.5 Å². The lowest BCUT2D eigenvalue weighted by Gasteiger charge is -2.21. The first kappa shape index (κ1) is 40.5. The van der Waals surface area contributed by atoms with Crippen LogP contribution in [0.15, 0.2) is 66.7 Å². The van der Waals surface area contributed by atoms with Crippen molar-refractivity contribution in [3.05, 3.63) is 83.7 Å². The fourth-order valence-electron chi connectivity index (χ4n) is 5.37. The molecule has 0 fully saturated rings. The van der Waals surface area contributed by atoms with Crippen LogP contribution in [0.4, 0.5) is 17.6 Å². The molecule has 50 heavy (non-hydrogen) atoms. The topological polar surface area (TPSA) is 71.1 Å². The van der Waals surface area contributed by atoms with Gasteiger partial charge in [-0.2, -0.15) is 13.2 Å². The number of hydrogen-bond acceptors (Lipinski definition) is 6. The molecule has 3 aromatic carbocycles. The van der Waals surface area contributed by atoms with Gasteiger partial charge < -0.3 is 18.9 Å². The fraction of sp³-hybridized carbons (Fsp3) is 0.500. The predicted molar refractivity (Wildman–Crippen MR) is 186 cm³/mol. The number of hydrogen-bond donors (Lipinski definition) is 0. The van der Waals surface area contributed by atoms with E-state index in [4.69, 9.17) is 14.2 Å². The van der Waals surface area contributed by atoms with Crippen LogP contribution in [0.25, 0.3) is 11.1 Å². The molecule has 0 bridgehead atoms. The Hall–Kier alpha value is -3.92. The third-order valence-electron chi connectivity index (χ3n) is 8.27. The molecule has 1 atom stereocenters. The Labute approximate surface area is 293 Å². The second-order valence-corrected chi connectivity index (χ2v) is 12.3. The Bertz CT molecular complexity index is 1420. The standard InChI is InChI=1S/C40H50F4O6/c1-3-5-6-7-8-9-10-11-15-28-48-33-23-21-31(22-24-33)30-17-19-32(20-18-30)38(45)49-34-25-26-35(36(41)29-34)39(46)50-37(40(42,43)44)16-13-12-14-27-47-4-2/h17-26,29,37H,3-16,27-28H2,1-2H3/t37-/m1/s1. The van der Waals surface area contributed by atoms with Crippen molar-refractivity contribution in [3.8, 4) is 22.6 Å². The zero-order valence-electron chi connectivity index (χ0n) is 29.2. The van der Waals surface area contributed by atoms with Gasteiger partial charge in [0.1, 0.15) is 17.3 Å². The molecule has 0 saturated carbocycles. The second-order valence-electron chi connectivity index (χ2n) is 12.3. The molecule has 10 heteroatoms. The van der Waals surface area contributed by atoms with Crippen LogP contribution in [0, 0.1) is 5.82 Å². The van der Waals surface area contributed by atoms with E-state index in [1.165, 1.54) is 44.9 Å². The molecule has 274 valence electrons. The van der Waals surface area contributed by atoms with Crippen molar-refractivity contribution in [1.29, 1.82) is 0 Å². The number of esters is 2. The van der Waals surface area contributed by atoms with Crippen LogP contribution < -0.4 is 9.47 Å². The van der Waals surface area contributed by atoms with Crippen LogP contribution in [-0.2, 0) is 9.47 Å². The molecule has 0 saturated heterocycles. The second kappa shape index (κ2) is 22.0. The van der Waals surface area contributed by atoms with Gasteiger partial charge in [0.15, 0.2) is 6.10 Å². The quantitative estimate of drug-likeness (QED) is 0.0424. The first-order valence-corrected chi connectivity index (χ1v) is 17.8. The van der Waals surface area contributed by atoms with Gasteiger partial charge in [0.05, 0.1) is 17.7 Å². The fourth-order valence-corrected chi connectivity index (χ4v) is 5.37. The third-order valence-corrected chi connectivity index (χ3v) is 8.27. The summed E-state index contributed by atoms with van der Waals surface area (Å²) in [5.41, 5.74) is 1.30. The first-order valence-electron chi connectivity index (χ1n) is 17.8. The minimum absolute atomic E-state index is 0.156. The molecule has 0 N–H and O–H groups in total. The van der Waals surface area contributed by atoms with Gasteiger partial charge in [0, 0.05) is 19.3 Å². The van der Waals surface area contributed by atoms with E-state index in [2.05, 4.69) is 11.7 Å². The summed E-state index contributed by atoms with van der Waals surface area (Å²) < 4.78 is 76.2. The number of benzene rings is 3.